The smallest absolute Gasteiger partial charge is 0.307 e. The fraction of sp³-hybridized carbons (Fsp3) is 0.190. The molecule has 4 aromatic rings. The molecule has 0 aliphatic carbocycles. The minimum atomic E-state index is -0.490. The molecule has 0 unspecified atom stereocenters. The molecule has 0 saturated heterocycles. The molecule has 0 radical (unpaired) electrons. The quantitative estimate of drug-likeness (QED) is 0.483. The number of para-hydroxylation sites is 1. The monoisotopic (exact) mass is 390 g/mol. The summed E-state index contributed by atoms with van der Waals surface area (Å²) in [6.07, 6.45) is 3.13. The van der Waals surface area contributed by atoms with Crippen LogP contribution in [-0.2, 0) is 22.7 Å². The van der Waals surface area contributed by atoms with Crippen molar-refractivity contribution >= 4 is 22.5 Å². The Hall–Kier alpha value is -3.81. The highest BCUT2D eigenvalue weighted by Crippen LogP contribution is 2.06. The van der Waals surface area contributed by atoms with Gasteiger partial charge in [-0.3, -0.25) is 23.4 Å². The lowest BCUT2D eigenvalue weighted by atomic mass is 10.2. The second kappa shape index (κ2) is 7.67. The lowest BCUT2D eigenvalue weighted by molar-refractivity contribution is -0.145. The third-order valence-electron chi connectivity index (χ3n) is 4.53. The van der Waals surface area contributed by atoms with E-state index in [9.17, 15) is 14.4 Å². The molecule has 1 aromatic carbocycles. The van der Waals surface area contributed by atoms with E-state index >= 15 is 0 Å². The van der Waals surface area contributed by atoms with Crippen LogP contribution in [0.25, 0.3) is 16.6 Å². The molecular formula is C21H18N4O4. The van der Waals surface area contributed by atoms with Gasteiger partial charge in [-0.2, -0.15) is 0 Å². The molecule has 0 fully saturated rings. The number of rotatable bonds is 5. The third-order valence-corrected chi connectivity index (χ3v) is 4.53. The van der Waals surface area contributed by atoms with Crippen molar-refractivity contribution in [3.63, 3.8) is 0 Å². The minimum absolute atomic E-state index is 0.00564. The molecule has 0 N–H and O–H groups in total. The minimum Gasteiger partial charge on any atom is -0.459 e. The summed E-state index contributed by atoms with van der Waals surface area (Å²) in [4.78, 5) is 45.3. The molecule has 8 heteroatoms. The average molecular weight is 390 g/mol. The maximum Gasteiger partial charge on any atom is 0.307 e. The summed E-state index contributed by atoms with van der Waals surface area (Å²) >= 11 is 0. The zero-order chi connectivity index (χ0) is 20.4. The SMILES string of the molecule is Cc1ccc2nc(COC(=O)CCn3cnc4ccccc4c3=O)cc(=O)n2c1. The second-order valence-electron chi connectivity index (χ2n) is 6.69. The Bertz CT molecular complexity index is 1340. The third kappa shape index (κ3) is 3.91. The van der Waals surface area contributed by atoms with Crippen LogP contribution < -0.4 is 11.1 Å². The summed E-state index contributed by atoms with van der Waals surface area (Å²) in [6, 6.07) is 12.0. The summed E-state index contributed by atoms with van der Waals surface area (Å²) < 4.78 is 8.05. The highest BCUT2D eigenvalue weighted by molar-refractivity contribution is 5.77. The van der Waals surface area contributed by atoms with E-state index in [-0.39, 0.29) is 30.7 Å². The second-order valence-corrected chi connectivity index (χ2v) is 6.69. The first-order valence-corrected chi connectivity index (χ1v) is 9.10. The van der Waals surface area contributed by atoms with E-state index in [0.29, 0.717) is 22.2 Å². The normalized spacial score (nSPS) is 11.1. The van der Waals surface area contributed by atoms with Gasteiger partial charge in [0.15, 0.2) is 0 Å². The number of pyridine rings is 1. The van der Waals surface area contributed by atoms with E-state index in [4.69, 9.17) is 4.74 Å². The predicted octanol–water partition coefficient (Wildman–Crippen LogP) is 1.85. The number of ether oxygens (including phenoxy) is 1. The zero-order valence-corrected chi connectivity index (χ0v) is 15.7. The Morgan fingerprint density at radius 2 is 1.97 bits per heavy atom. The standard InChI is InChI=1S/C21H18N4O4/c1-14-6-7-18-23-15(10-19(26)25(18)11-14)12-29-20(27)8-9-24-13-22-17-5-3-2-4-16(17)21(24)28/h2-7,10-11,13H,8-9,12H2,1H3. The van der Waals surface area contributed by atoms with Gasteiger partial charge in [0.05, 0.1) is 29.3 Å². The van der Waals surface area contributed by atoms with E-state index in [0.717, 1.165) is 5.56 Å². The number of esters is 1. The van der Waals surface area contributed by atoms with Crippen LogP contribution in [0, 0.1) is 6.92 Å². The Morgan fingerprint density at radius 1 is 1.14 bits per heavy atom. The first-order chi connectivity index (χ1) is 14.0. The number of aromatic nitrogens is 4. The fourth-order valence-corrected chi connectivity index (χ4v) is 3.04. The molecule has 0 amide bonds. The molecule has 0 atom stereocenters. The maximum absolute atomic E-state index is 12.4. The van der Waals surface area contributed by atoms with Crippen LogP contribution in [0.1, 0.15) is 17.7 Å². The van der Waals surface area contributed by atoms with Crippen LogP contribution in [0.15, 0.2) is 64.6 Å². The van der Waals surface area contributed by atoms with E-state index in [1.165, 1.54) is 21.4 Å². The molecule has 3 heterocycles. The Kier molecular flexibility index (Phi) is 4.90. The van der Waals surface area contributed by atoms with Crippen LogP contribution in [0.2, 0.25) is 0 Å². The van der Waals surface area contributed by atoms with Crippen molar-refractivity contribution in [2.75, 3.05) is 0 Å². The lowest BCUT2D eigenvalue weighted by Gasteiger charge is -2.08. The number of aryl methyl sites for hydroxylation is 2. The summed E-state index contributed by atoms with van der Waals surface area (Å²) in [5.41, 5.74) is 1.97. The largest absolute Gasteiger partial charge is 0.459 e. The van der Waals surface area contributed by atoms with Gasteiger partial charge in [-0.05, 0) is 30.7 Å². The number of hydrogen-bond donors (Lipinski definition) is 0. The summed E-state index contributed by atoms with van der Waals surface area (Å²) in [6.45, 7) is 1.93. The van der Waals surface area contributed by atoms with Gasteiger partial charge in [0.1, 0.15) is 12.3 Å². The number of hydrogen-bond acceptors (Lipinski definition) is 6. The van der Waals surface area contributed by atoms with Gasteiger partial charge in [-0.15, -0.1) is 0 Å². The molecule has 0 aliphatic rings. The Labute approximate surface area is 165 Å². The Balaban J connectivity index is 1.41. The van der Waals surface area contributed by atoms with E-state index in [1.807, 2.05) is 19.1 Å². The molecule has 8 nitrogen and oxygen atoms in total. The van der Waals surface area contributed by atoms with Gasteiger partial charge in [0.2, 0.25) is 0 Å². The molecule has 0 spiro atoms. The molecule has 0 aliphatic heterocycles. The Morgan fingerprint density at radius 3 is 2.83 bits per heavy atom. The molecule has 4 rings (SSSR count). The number of carbonyl (C=O) groups is 1. The molecule has 0 saturated carbocycles. The number of benzene rings is 1. The molecule has 29 heavy (non-hydrogen) atoms. The topological polar surface area (TPSA) is 95.6 Å². The molecule has 0 bridgehead atoms. The number of fused-ring (bicyclic) bond motifs is 2. The van der Waals surface area contributed by atoms with Gasteiger partial charge in [0.25, 0.3) is 11.1 Å². The van der Waals surface area contributed by atoms with Gasteiger partial charge < -0.3 is 4.74 Å². The molecule has 146 valence electrons. The van der Waals surface area contributed by atoms with Crippen molar-refractivity contribution in [1.82, 2.24) is 18.9 Å². The highest BCUT2D eigenvalue weighted by Gasteiger charge is 2.09. The van der Waals surface area contributed by atoms with Crippen molar-refractivity contribution in [3.8, 4) is 0 Å². The van der Waals surface area contributed by atoms with E-state index in [1.54, 1.807) is 30.5 Å². The van der Waals surface area contributed by atoms with Gasteiger partial charge in [-0.25, -0.2) is 9.97 Å². The van der Waals surface area contributed by atoms with Crippen molar-refractivity contribution in [2.45, 2.75) is 26.5 Å². The van der Waals surface area contributed by atoms with Crippen LogP contribution in [-0.4, -0.2) is 24.9 Å². The zero-order valence-electron chi connectivity index (χ0n) is 15.7. The predicted molar refractivity (Wildman–Crippen MR) is 107 cm³/mol. The summed E-state index contributed by atoms with van der Waals surface area (Å²) in [5.74, 6) is -0.490. The molecule has 3 aromatic heterocycles. The van der Waals surface area contributed by atoms with Crippen molar-refractivity contribution < 1.29 is 9.53 Å². The highest BCUT2D eigenvalue weighted by atomic mass is 16.5. The van der Waals surface area contributed by atoms with Gasteiger partial charge in [0, 0.05) is 18.8 Å². The van der Waals surface area contributed by atoms with Crippen LogP contribution >= 0.6 is 0 Å². The first kappa shape index (κ1) is 18.5. The number of nitrogens with zero attached hydrogens (tertiary/aromatic N) is 4. The summed E-state index contributed by atoms with van der Waals surface area (Å²) in [5, 5.41) is 0.499. The van der Waals surface area contributed by atoms with E-state index in [2.05, 4.69) is 9.97 Å². The number of carbonyl (C=O) groups excluding carboxylic acids is 1. The molecular weight excluding hydrogens is 372 g/mol. The van der Waals surface area contributed by atoms with Crippen LogP contribution in [0.5, 0.6) is 0 Å². The lowest BCUT2D eigenvalue weighted by Crippen LogP contribution is -2.22. The first-order valence-electron chi connectivity index (χ1n) is 9.10. The maximum atomic E-state index is 12.4. The van der Waals surface area contributed by atoms with Crippen molar-refractivity contribution in [2.24, 2.45) is 0 Å². The fourth-order valence-electron chi connectivity index (χ4n) is 3.04. The van der Waals surface area contributed by atoms with Crippen LogP contribution in [0.4, 0.5) is 0 Å². The van der Waals surface area contributed by atoms with E-state index < -0.39 is 5.97 Å². The van der Waals surface area contributed by atoms with Gasteiger partial charge >= 0.3 is 5.97 Å². The van der Waals surface area contributed by atoms with Crippen molar-refractivity contribution in [3.05, 3.63) is 87.0 Å². The average Bonchev–Trinajstić information content (AvgIpc) is 2.72. The van der Waals surface area contributed by atoms with Crippen LogP contribution in [0.3, 0.4) is 0 Å². The van der Waals surface area contributed by atoms with Gasteiger partial charge in [-0.1, -0.05) is 18.2 Å². The summed E-state index contributed by atoms with van der Waals surface area (Å²) in [7, 11) is 0. The van der Waals surface area contributed by atoms with Crippen molar-refractivity contribution in [1.29, 1.82) is 0 Å².